The van der Waals surface area contributed by atoms with Gasteiger partial charge in [0.25, 0.3) is 0 Å². The summed E-state index contributed by atoms with van der Waals surface area (Å²) in [4.78, 5) is 29.7. The standard InChI is InChI=1S/C24H21ClF3N5O/c25-19-13-29-8-7-18(19)22-21(15-3-5-17(6-4-15)24(26,27)28)30-14-20(31-22)32-9-11-33(12-10-32)23(34)16-1-2-16/h3-8,13-14,16H,1-2,9-12H2. The van der Waals surface area contributed by atoms with Crippen molar-refractivity contribution in [3.05, 3.63) is 59.5 Å². The Morgan fingerprint density at radius 3 is 2.29 bits per heavy atom. The van der Waals surface area contributed by atoms with Gasteiger partial charge in [0.1, 0.15) is 11.5 Å². The molecule has 1 saturated carbocycles. The van der Waals surface area contributed by atoms with Crippen LogP contribution in [0.4, 0.5) is 19.0 Å². The Bertz CT molecular complexity index is 1210. The molecule has 2 fully saturated rings. The van der Waals surface area contributed by atoms with Crippen molar-refractivity contribution in [3.8, 4) is 22.5 Å². The van der Waals surface area contributed by atoms with Gasteiger partial charge in [0.2, 0.25) is 5.91 Å². The summed E-state index contributed by atoms with van der Waals surface area (Å²) in [6.45, 7) is 2.47. The molecule has 2 aliphatic rings. The second-order valence-corrected chi connectivity index (χ2v) is 8.85. The topological polar surface area (TPSA) is 62.2 Å². The first kappa shape index (κ1) is 22.6. The predicted octanol–water partition coefficient (Wildman–Crippen LogP) is 4.94. The molecule has 0 N–H and O–H groups in total. The normalized spacial score (nSPS) is 16.6. The van der Waals surface area contributed by atoms with Gasteiger partial charge in [-0.15, -0.1) is 0 Å². The van der Waals surface area contributed by atoms with Crippen LogP contribution in [-0.4, -0.2) is 51.9 Å². The summed E-state index contributed by atoms with van der Waals surface area (Å²) >= 11 is 6.39. The molecule has 0 bridgehead atoms. The molecule has 1 aromatic carbocycles. The number of amides is 1. The van der Waals surface area contributed by atoms with Crippen LogP contribution in [-0.2, 0) is 11.0 Å². The maximum atomic E-state index is 13.0. The minimum atomic E-state index is -4.42. The monoisotopic (exact) mass is 487 g/mol. The van der Waals surface area contributed by atoms with Crippen molar-refractivity contribution in [2.75, 3.05) is 31.1 Å². The zero-order valence-electron chi connectivity index (χ0n) is 18.1. The molecule has 0 unspecified atom stereocenters. The van der Waals surface area contributed by atoms with Crippen molar-refractivity contribution in [3.63, 3.8) is 0 Å². The van der Waals surface area contributed by atoms with Gasteiger partial charge >= 0.3 is 6.18 Å². The third-order valence-electron chi connectivity index (χ3n) is 6.11. The van der Waals surface area contributed by atoms with Crippen LogP contribution >= 0.6 is 11.6 Å². The molecule has 1 aliphatic heterocycles. The molecule has 6 nitrogen and oxygen atoms in total. The van der Waals surface area contributed by atoms with Crippen LogP contribution in [0.1, 0.15) is 18.4 Å². The molecular formula is C24H21ClF3N5O. The van der Waals surface area contributed by atoms with Crippen molar-refractivity contribution in [2.24, 2.45) is 5.92 Å². The van der Waals surface area contributed by atoms with Crippen molar-refractivity contribution in [2.45, 2.75) is 19.0 Å². The van der Waals surface area contributed by atoms with Gasteiger partial charge in [-0.05, 0) is 31.0 Å². The molecule has 10 heteroatoms. The molecule has 1 amide bonds. The highest BCUT2D eigenvalue weighted by molar-refractivity contribution is 6.33. The highest BCUT2D eigenvalue weighted by Crippen LogP contribution is 2.36. The van der Waals surface area contributed by atoms with Gasteiger partial charge in [-0.1, -0.05) is 23.7 Å². The van der Waals surface area contributed by atoms with E-state index in [1.54, 1.807) is 18.5 Å². The molecular weight excluding hydrogens is 467 g/mol. The fourth-order valence-electron chi connectivity index (χ4n) is 4.06. The summed E-state index contributed by atoms with van der Waals surface area (Å²) in [6.07, 6.45) is 2.22. The molecule has 3 heterocycles. The Morgan fingerprint density at radius 2 is 1.68 bits per heavy atom. The van der Waals surface area contributed by atoms with Crippen LogP contribution in [0.3, 0.4) is 0 Å². The van der Waals surface area contributed by atoms with Gasteiger partial charge in [-0.2, -0.15) is 13.2 Å². The van der Waals surface area contributed by atoms with Crippen LogP contribution in [0.5, 0.6) is 0 Å². The van der Waals surface area contributed by atoms with Gasteiger partial charge in [-0.3, -0.25) is 14.8 Å². The highest BCUT2D eigenvalue weighted by atomic mass is 35.5. The molecule has 0 atom stereocenters. The number of benzene rings is 1. The lowest BCUT2D eigenvalue weighted by Crippen LogP contribution is -2.49. The van der Waals surface area contributed by atoms with Crippen LogP contribution in [0.25, 0.3) is 22.5 Å². The van der Waals surface area contributed by atoms with E-state index in [2.05, 4.69) is 14.9 Å². The summed E-state index contributed by atoms with van der Waals surface area (Å²) < 4.78 is 39.1. The zero-order valence-corrected chi connectivity index (χ0v) is 18.9. The van der Waals surface area contributed by atoms with E-state index in [1.807, 2.05) is 4.90 Å². The Hall–Kier alpha value is -3.20. The van der Waals surface area contributed by atoms with Crippen molar-refractivity contribution >= 4 is 23.3 Å². The van der Waals surface area contributed by atoms with Crippen LogP contribution in [0.2, 0.25) is 5.02 Å². The summed E-state index contributed by atoms with van der Waals surface area (Å²) in [7, 11) is 0. The fraction of sp³-hybridized carbons (Fsp3) is 0.333. The summed E-state index contributed by atoms with van der Waals surface area (Å²) in [5, 5.41) is 0.363. The number of aromatic nitrogens is 3. The molecule has 176 valence electrons. The third-order valence-corrected chi connectivity index (χ3v) is 6.42. The number of alkyl halides is 3. The lowest BCUT2D eigenvalue weighted by molar-refractivity contribution is -0.137. The first-order valence-corrected chi connectivity index (χ1v) is 11.4. The number of pyridine rings is 1. The maximum Gasteiger partial charge on any atom is 0.416 e. The molecule has 5 rings (SSSR count). The SMILES string of the molecule is O=C(C1CC1)N1CCN(c2cnc(-c3ccc(C(F)(F)F)cc3)c(-c3ccncc3Cl)n2)CC1. The quantitative estimate of drug-likeness (QED) is 0.522. The van der Waals surface area contributed by atoms with Crippen LogP contribution in [0.15, 0.2) is 48.9 Å². The van der Waals surface area contributed by atoms with E-state index in [0.717, 1.165) is 25.0 Å². The Labute approximate surface area is 199 Å². The summed E-state index contributed by atoms with van der Waals surface area (Å²) in [6, 6.07) is 6.52. The van der Waals surface area contributed by atoms with Crippen LogP contribution < -0.4 is 4.90 Å². The van der Waals surface area contributed by atoms with E-state index in [-0.39, 0.29) is 11.8 Å². The maximum absolute atomic E-state index is 13.0. The number of piperazine rings is 1. The highest BCUT2D eigenvalue weighted by Gasteiger charge is 2.35. The lowest BCUT2D eigenvalue weighted by Gasteiger charge is -2.35. The second-order valence-electron chi connectivity index (χ2n) is 8.44. The lowest BCUT2D eigenvalue weighted by atomic mass is 10.0. The first-order valence-electron chi connectivity index (χ1n) is 11.0. The summed E-state index contributed by atoms with van der Waals surface area (Å²) in [5.41, 5.74) is 1.23. The average molecular weight is 488 g/mol. The van der Waals surface area contributed by atoms with E-state index in [9.17, 15) is 18.0 Å². The van der Waals surface area contributed by atoms with E-state index >= 15 is 0 Å². The number of halogens is 4. The third kappa shape index (κ3) is 4.57. The minimum Gasteiger partial charge on any atom is -0.352 e. The number of hydrogen-bond donors (Lipinski definition) is 0. The molecule has 0 radical (unpaired) electrons. The molecule has 34 heavy (non-hydrogen) atoms. The van der Waals surface area contributed by atoms with Gasteiger partial charge in [0.15, 0.2) is 0 Å². The Morgan fingerprint density at radius 1 is 0.971 bits per heavy atom. The van der Waals surface area contributed by atoms with E-state index in [4.69, 9.17) is 16.6 Å². The minimum absolute atomic E-state index is 0.190. The molecule has 2 aromatic heterocycles. The van der Waals surface area contributed by atoms with Gasteiger partial charge in [-0.25, -0.2) is 4.98 Å². The number of nitrogens with zero attached hydrogens (tertiary/aromatic N) is 5. The number of hydrogen-bond acceptors (Lipinski definition) is 5. The Kier molecular flexibility index (Phi) is 5.89. The van der Waals surface area contributed by atoms with Crippen molar-refractivity contribution < 1.29 is 18.0 Å². The van der Waals surface area contributed by atoms with Gasteiger partial charge in [0, 0.05) is 55.6 Å². The fourth-order valence-corrected chi connectivity index (χ4v) is 4.27. The first-order chi connectivity index (χ1) is 16.3. The van der Waals surface area contributed by atoms with E-state index < -0.39 is 11.7 Å². The van der Waals surface area contributed by atoms with Gasteiger partial charge < -0.3 is 9.80 Å². The average Bonchev–Trinajstić information content (AvgIpc) is 3.69. The van der Waals surface area contributed by atoms with E-state index in [1.165, 1.54) is 18.3 Å². The number of rotatable bonds is 4. The predicted molar refractivity (Wildman–Crippen MR) is 122 cm³/mol. The molecule has 3 aromatic rings. The van der Waals surface area contributed by atoms with Crippen LogP contribution in [0, 0.1) is 5.92 Å². The largest absolute Gasteiger partial charge is 0.416 e. The summed E-state index contributed by atoms with van der Waals surface area (Å²) in [5.74, 6) is 1.04. The number of carbonyl (C=O) groups is 1. The smallest absolute Gasteiger partial charge is 0.352 e. The molecule has 1 aliphatic carbocycles. The molecule has 0 spiro atoms. The zero-order chi connectivity index (χ0) is 23.9. The van der Waals surface area contributed by atoms with Crippen molar-refractivity contribution in [1.82, 2.24) is 19.9 Å². The van der Waals surface area contributed by atoms with E-state index in [0.29, 0.717) is 59.5 Å². The van der Waals surface area contributed by atoms with Gasteiger partial charge in [0.05, 0.1) is 22.5 Å². The molecule has 1 saturated heterocycles. The number of carbonyl (C=O) groups excluding carboxylic acids is 1. The Balaban J connectivity index is 1.47. The second kappa shape index (κ2) is 8.87. The number of anilines is 1. The van der Waals surface area contributed by atoms with Crippen molar-refractivity contribution in [1.29, 1.82) is 0 Å².